The summed E-state index contributed by atoms with van der Waals surface area (Å²) in [6.45, 7) is 2.92. The maximum Gasteiger partial charge on any atom is 0.236 e. The van der Waals surface area contributed by atoms with Crippen LogP contribution in [0.3, 0.4) is 0 Å². The minimum Gasteiger partial charge on any atom is -0.338 e. The van der Waals surface area contributed by atoms with Gasteiger partial charge < -0.3 is 4.90 Å². The van der Waals surface area contributed by atoms with Gasteiger partial charge in [-0.05, 0) is 38.5 Å². The molecular weight excluding hydrogens is 254 g/mol. The van der Waals surface area contributed by atoms with Crippen molar-refractivity contribution >= 4 is 21.8 Å². The normalized spacial score (nSPS) is 29.7. The summed E-state index contributed by atoms with van der Waals surface area (Å²) >= 11 is 3.39. The average molecular weight is 274 g/mol. The highest BCUT2D eigenvalue weighted by Crippen LogP contribution is 2.35. The van der Waals surface area contributed by atoms with Gasteiger partial charge in [-0.15, -0.1) is 0 Å². The Bertz CT molecular complexity index is 236. The molecular formula is C12H20BrNO. The minimum atomic E-state index is -0.0143. The molecule has 0 aromatic carbocycles. The van der Waals surface area contributed by atoms with E-state index in [1.807, 2.05) is 6.92 Å². The predicted octanol–water partition coefficient (Wildman–Crippen LogP) is 2.95. The molecule has 0 aromatic rings. The molecule has 2 atom stereocenters. The number of likely N-dealkylation sites (tertiary alicyclic amines) is 1. The molecule has 2 aliphatic rings. The molecule has 0 N–H and O–H groups in total. The van der Waals surface area contributed by atoms with Gasteiger partial charge in [-0.2, -0.15) is 0 Å². The second kappa shape index (κ2) is 4.86. The Hall–Kier alpha value is -0.0500. The van der Waals surface area contributed by atoms with Gasteiger partial charge in [0.25, 0.3) is 0 Å². The molecule has 15 heavy (non-hydrogen) atoms. The standard InChI is InChI=1S/C12H20BrNO/c1-9(13)12(15)14-8-4-7-11(14)10-5-2-3-6-10/h9-11H,2-8H2,1H3. The Labute approximate surface area is 101 Å². The van der Waals surface area contributed by atoms with Crippen LogP contribution in [0.2, 0.25) is 0 Å². The third-order valence-electron chi connectivity index (χ3n) is 3.87. The van der Waals surface area contributed by atoms with Crippen LogP contribution in [0, 0.1) is 5.92 Å². The van der Waals surface area contributed by atoms with Gasteiger partial charge in [0.2, 0.25) is 5.91 Å². The number of alkyl halides is 1. The highest BCUT2D eigenvalue weighted by Gasteiger charge is 2.36. The number of carbonyl (C=O) groups excluding carboxylic acids is 1. The van der Waals surface area contributed by atoms with E-state index in [9.17, 15) is 4.79 Å². The van der Waals surface area contributed by atoms with Crippen molar-refractivity contribution in [2.45, 2.75) is 56.3 Å². The maximum absolute atomic E-state index is 12.0. The molecule has 1 aliphatic carbocycles. The van der Waals surface area contributed by atoms with Crippen LogP contribution in [0.1, 0.15) is 45.4 Å². The summed E-state index contributed by atoms with van der Waals surface area (Å²) in [5.41, 5.74) is 0. The lowest BCUT2D eigenvalue weighted by atomic mass is 9.96. The van der Waals surface area contributed by atoms with E-state index in [1.54, 1.807) is 0 Å². The SMILES string of the molecule is CC(Br)C(=O)N1CCCC1C1CCCC1. The zero-order chi connectivity index (χ0) is 10.8. The van der Waals surface area contributed by atoms with E-state index in [2.05, 4.69) is 20.8 Å². The predicted molar refractivity (Wildman–Crippen MR) is 65.1 cm³/mol. The van der Waals surface area contributed by atoms with E-state index < -0.39 is 0 Å². The molecule has 0 aromatic heterocycles. The third kappa shape index (κ3) is 2.38. The fourth-order valence-corrected chi connectivity index (χ4v) is 3.39. The lowest BCUT2D eigenvalue weighted by Crippen LogP contribution is -2.42. The number of hydrogen-bond acceptors (Lipinski definition) is 1. The van der Waals surface area contributed by atoms with Gasteiger partial charge in [0.05, 0.1) is 4.83 Å². The average Bonchev–Trinajstić information content (AvgIpc) is 2.86. The van der Waals surface area contributed by atoms with Crippen LogP contribution < -0.4 is 0 Å². The first-order valence-electron chi connectivity index (χ1n) is 6.14. The monoisotopic (exact) mass is 273 g/mol. The summed E-state index contributed by atoms with van der Waals surface area (Å²) in [4.78, 5) is 14.1. The van der Waals surface area contributed by atoms with E-state index in [1.165, 1.54) is 38.5 Å². The molecule has 2 rings (SSSR count). The van der Waals surface area contributed by atoms with Crippen molar-refractivity contribution in [2.24, 2.45) is 5.92 Å². The van der Waals surface area contributed by atoms with Crippen LogP contribution in [0.15, 0.2) is 0 Å². The van der Waals surface area contributed by atoms with Crippen molar-refractivity contribution in [3.8, 4) is 0 Å². The van der Waals surface area contributed by atoms with Crippen LogP contribution in [-0.4, -0.2) is 28.2 Å². The van der Waals surface area contributed by atoms with Crippen LogP contribution in [0.5, 0.6) is 0 Å². The van der Waals surface area contributed by atoms with E-state index in [4.69, 9.17) is 0 Å². The van der Waals surface area contributed by atoms with Gasteiger partial charge in [0.1, 0.15) is 0 Å². The molecule has 2 fully saturated rings. The van der Waals surface area contributed by atoms with Crippen LogP contribution in [-0.2, 0) is 4.79 Å². The van der Waals surface area contributed by atoms with Crippen LogP contribution >= 0.6 is 15.9 Å². The molecule has 2 nitrogen and oxygen atoms in total. The zero-order valence-corrected chi connectivity index (χ0v) is 11.0. The Morgan fingerprint density at radius 3 is 2.53 bits per heavy atom. The number of nitrogens with zero attached hydrogens (tertiary/aromatic N) is 1. The first-order valence-corrected chi connectivity index (χ1v) is 7.06. The summed E-state index contributed by atoms with van der Waals surface area (Å²) in [7, 11) is 0. The van der Waals surface area contributed by atoms with Crippen molar-refractivity contribution in [2.75, 3.05) is 6.54 Å². The van der Waals surface area contributed by atoms with Crippen molar-refractivity contribution in [1.29, 1.82) is 0 Å². The lowest BCUT2D eigenvalue weighted by molar-refractivity contribution is -0.131. The summed E-state index contributed by atoms with van der Waals surface area (Å²) in [6, 6.07) is 0.556. The van der Waals surface area contributed by atoms with Crippen LogP contribution in [0.25, 0.3) is 0 Å². The van der Waals surface area contributed by atoms with Gasteiger partial charge in [0.15, 0.2) is 0 Å². The molecule has 1 saturated carbocycles. The first-order chi connectivity index (χ1) is 7.20. The van der Waals surface area contributed by atoms with Gasteiger partial charge in [-0.3, -0.25) is 4.79 Å². The number of halogens is 1. The molecule has 1 heterocycles. The highest BCUT2D eigenvalue weighted by molar-refractivity contribution is 9.10. The first kappa shape index (κ1) is 11.4. The molecule has 1 saturated heterocycles. The smallest absolute Gasteiger partial charge is 0.236 e. The molecule has 0 spiro atoms. The van der Waals surface area contributed by atoms with Gasteiger partial charge in [-0.25, -0.2) is 0 Å². The van der Waals surface area contributed by atoms with E-state index in [-0.39, 0.29) is 4.83 Å². The molecule has 86 valence electrons. The molecule has 0 radical (unpaired) electrons. The van der Waals surface area contributed by atoms with E-state index in [0.717, 1.165) is 12.5 Å². The Kier molecular flexibility index (Phi) is 3.70. The summed E-state index contributed by atoms with van der Waals surface area (Å²) in [5.74, 6) is 1.09. The summed E-state index contributed by atoms with van der Waals surface area (Å²) in [6.07, 6.45) is 7.85. The fraction of sp³-hybridized carbons (Fsp3) is 0.917. The van der Waals surface area contributed by atoms with Crippen molar-refractivity contribution in [1.82, 2.24) is 4.90 Å². The van der Waals surface area contributed by atoms with Crippen molar-refractivity contribution in [3.05, 3.63) is 0 Å². The molecule has 1 aliphatic heterocycles. The number of hydrogen-bond donors (Lipinski definition) is 0. The van der Waals surface area contributed by atoms with Gasteiger partial charge in [-0.1, -0.05) is 28.8 Å². The molecule has 1 amide bonds. The van der Waals surface area contributed by atoms with Gasteiger partial charge >= 0.3 is 0 Å². The lowest BCUT2D eigenvalue weighted by Gasteiger charge is -2.30. The Morgan fingerprint density at radius 1 is 1.27 bits per heavy atom. The summed E-state index contributed by atoms with van der Waals surface area (Å²) in [5, 5.41) is 0. The van der Waals surface area contributed by atoms with Crippen molar-refractivity contribution < 1.29 is 4.79 Å². The molecule has 3 heteroatoms. The number of rotatable bonds is 2. The highest BCUT2D eigenvalue weighted by atomic mass is 79.9. The Balaban J connectivity index is 2.01. The topological polar surface area (TPSA) is 20.3 Å². The van der Waals surface area contributed by atoms with Gasteiger partial charge in [0, 0.05) is 12.6 Å². The molecule has 0 bridgehead atoms. The Morgan fingerprint density at radius 2 is 1.93 bits per heavy atom. The summed E-state index contributed by atoms with van der Waals surface area (Å²) < 4.78 is 0. The van der Waals surface area contributed by atoms with E-state index in [0.29, 0.717) is 11.9 Å². The maximum atomic E-state index is 12.0. The van der Waals surface area contributed by atoms with Crippen molar-refractivity contribution in [3.63, 3.8) is 0 Å². The second-order valence-electron chi connectivity index (χ2n) is 4.90. The molecule has 2 unspecified atom stereocenters. The third-order valence-corrected chi connectivity index (χ3v) is 4.26. The number of amides is 1. The van der Waals surface area contributed by atoms with Crippen LogP contribution in [0.4, 0.5) is 0 Å². The largest absolute Gasteiger partial charge is 0.338 e. The number of carbonyl (C=O) groups is 1. The zero-order valence-electron chi connectivity index (χ0n) is 9.42. The fourth-order valence-electron chi connectivity index (χ4n) is 3.13. The second-order valence-corrected chi connectivity index (χ2v) is 6.28. The quantitative estimate of drug-likeness (QED) is 0.709. The van der Waals surface area contributed by atoms with E-state index >= 15 is 0 Å². The minimum absolute atomic E-state index is 0.0143.